The number of hydrogen-bond donors (Lipinski definition) is 0. The summed E-state index contributed by atoms with van der Waals surface area (Å²) in [5.41, 5.74) is 1.80. The van der Waals surface area contributed by atoms with Crippen molar-refractivity contribution in [2.24, 2.45) is 0 Å². The molecule has 1 amide bonds. The number of nitrogens with zero attached hydrogens (tertiary/aromatic N) is 3. The van der Waals surface area contributed by atoms with Gasteiger partial charge in [-0.05, 0) is 55.6 Å². The first-order chi connectivity index (χ1) is 14.6. The van der Waals surface area contributed by atoms with Gasteiger partial charge in [-0.3, -0.25) is 9.78 Å². The summed E-state index contributed by atoms with van der Waals surface area (Å²) in [5.74, 6) is 0.427. The zero-order valence-electron chi connectivity index (χ0n) is 17.9. The number of pyridine rings is 1. The quantitative estimate of drug-likeness (QED) is 0.470. The van der Waals surface area contributed by atoms with E-state index in [0.29, 0.717) is 34.5 Å². The van der Waals surface area contributed by atoms with E-state index in [0.717, 1.165) is 51.9 Å². The maximum Gasteiger partial charge on any atom is 0.254 e. The highest BCUT2D eigenvalue weighted by molar-refractivity contribution is 6.37. The Hall–Kier alpha value is -1.53. The van der Waals surface area contributed by atoms with E-state index in [4.69, 9.17) is 27.9 Å². The fraction of sp³-hybridized carbons (Fsp3) is 0.478. The highest BCUT2D eigenvalue weighted by atomic mass is 35.5. The Morgan fingerprint density at radius 2 is 1.81 bits per heavy atom. The predicted octanol–water partition coefficient (Wildman–Crippen LogP) is 5.38. The van der Waals surface area contributed by atoms with Crippen molar-refractivity contribution in [3.8, 4) is 5.75 Å². The van der Waals surface area contributed by atoms with Crippen molar-refractivity contribution >= 4 is 41.5 Å². The highest BCUT2D eigenvalue weighted by Gasteiger charge is 2.22. The molecule has 170 valence electrons. The van der Waals surface area contributed by atoms with Crippen molar-refractivity contribution in [3.63, 3.8) is 0 Å². The summed E-state index contributed by atoms with van der Waals surface area (Å²) in [4.78, 5) is 21.4. The third-order valence-electron chi connectivity index (χ3n) is 5.33. The summed E-state index contributed by atoms with van der Waals surface area (Å²) in [6, 6.07) is 7.44. The molecule has 1 aliphatic rings. The molecule has 0 bridgehead atoms. The van der Waals surface area contributed by atoms with Crippen molar-refractivity contribution in [2.75, 3.05) is 39.3 Å². The Balaban J connectivity index is 0.00000341. The van der Waals surface area contributed by atoms with Crippen molar-refractivity contribution in [1.82, 2.24) is 14.8 Å². The van der Waals surface area contributed by atoms with Gasteiger partial charge in [-0.2, -0.15) is 0 Å². The Labute approximate surface area is 201 Å². The lowest BCUT2D eigenvalue weighted by atomic mass is 10.2. The predicted molar refractivity (Wildman–Crippen MR) is 129 cm³/mol. The molecule has 1 saturated heterocycles. The van der Waals surface area contributed by atoms with Crippen molar-refractivity contribution in [3.05, 3.63) is 57.8 Å². The number of carbonyl (C=O) groups is 1. The van der Waals surface area contributed by atoms with Crippen LogP contribution in [-0.4, -0.2) is 60.0 Å². The van der Waals surface area contributed by atoms with Crippen LogP contribution in [0.25, 0.3) is 0 Å². The molecule has 3 rings (SSSR count). The molecule has 8 heteroatoms. The Morgan fingerprint density at radius 3 is 2.48 bits per heavy atom. The summed E-state index contributed by atoms with van der Waals surface area (Å²) in [7, 11) is 0. The van der Waals surface area contributed by atoms with Gasteiger partial charge in [0.25, 0.3) is 5.91 Å². The second kappa shape index (κ2) is 13.1. The van der Waals surface area contributed by atoms with Crippen LogP contribution in [0, 0.1) is 0 Å². The van der Waals surface area contributed by atoms with Gasteiger partial charge in [0.05, 0.1) is 16.7 Å². The van der Waals surface area contributed by atoms with Gasteiger partial charge in [0, 0.05) is 44.1 Å². The van der Waals surface area contributed by atoms with E-state index in [1.54, 1.807) is 12.1 Å². The zero-order chi connectivity index (χ0) is 21.3. The third-order valence-corrected chi connectivity index (χ3v) is 5.89. The fourth-order valence-corrected chi connectivity index (χ4v) is 4.15. The van der Waals surface area contributed by atoms with Crippen LogP contribution in [0.1, 0.15) is 42.1 Å². The molecule has 1 aliphatic heterocycles. The number of aromatic nitrogens is 1. The monoisotopic (exact) mass is 485 g/mol. The lowest BCUT2D eigenvalue weighted by molar-refractivity contribution is 0.0761. The second-order valence-corrected chi connectivity index (χ2v) is 8.38. The Kier molecular flexibility index (Phi) is 10.9. The van der Waals surface area contributed by atoms with E-state index in [1.807, 2.05) is 17.3 Å². The van der Waals surface area contributed by atoms with Gasteiger partial charge in [-0.1, -0.05) is 36.5 Å². The number of carbonyl (C=O) groups excluding carboxylic acids is 1. The molecule has 2 heterocycles. The summed E-state index contributed by atoms with van der Waals surface area (Å²) in [5, 5.41) is 0.770. The summed E-state index contributed by atoms with van der Waals surface area (Å²) in [6.07, 6.45) is 7.55. The molecular weight excluding hydrogens is 457 g/mol. The molecule has 1 aromatic carbocycles. The van der Waals surface area contributed by atoms with E-state index < -0.39 is 0 Å². The Bertz CT molecular complexity index is 813. The van der Waals surface area contributed by atoms with Crippen LogP contribution < -0.4 is 4.74 Å². The van der Waals surface area contributed by atoms with E-state index in [1.165, 1.54) is 5.56 Å². The fourth-order valence-electron chi connectivity index (χ4n) is 3.56. The normalized spacial score (nSPS) is 14.6. The van der Waals surface area contributed by atoms with Crippen LogP contribution in [0.4, 0.5) is 0 Å². The molecule has 1 aromatic heterocycles. The topological polar surface area (TPSA) is 45.7 Å². The number of unbranched alkanes of at least 4 members (excludes halogenated alkanes) is 1. The molecular formula is C23H30Cl3N3O2. The average Bonchev–Trinajstić information content (AvgIpc) is 3.00. The molecule has 0 spiro atoms. The first-order valence-electron chi connectivity index (χ1n) is 10.6. The minimum Gasteiger partial charge on any atom is -0.490 e. The van der Waals surface area contributed by atoms with Crippen molar-refractivity contribution < 1.29 is 9.53 Å². The molecule has 0 aliphatic carbocycles. The molecule has 5 nitrogen and oxygen atoms in total. The minimum absolute atomic E-state index is 0. The maximum atomic E-state index is 13.1. The van der Waals surface area contributed by atoms with Gasteiger partial charge < -0.3 is 14.5 Å². The number of rotatable bonds is 8. The Morgan fingerprint density at radius 1 is 1.10 bits per heavy atom. The smallest absolute Gasteiger partial charge is 0.254 e. The number of amides is 1. The van der Waals surface area contributed by atoms with Gasteiger partial charge in [0.15, 0.2) is 5.75 Å². The van der Waals surface area contributed by atoms with Crippen LogP contribution in [0.3, 0.4) is 0 Å². The van der Waals surface area contributed by atoms with Gasteiger partial charge in [-0.15, -0.1) is 12.4 Å². The molecule has 0 atom stereocenters. The standard InChI is InChI=1S/C23H29Cl2N3O2.ClH/c1-2-3-15-30-22-20(24)16-19(17-21(22)25)23(29)28-11-4-10-27(13-14-28)12-7-18-5-8-26-9-6-18;/h5-6,8-9,16-17H,2-4,7,10-15H2,1H3;1H. The van der Waals surface area contributed by atoms with Crippen LogP contribution >= 0.6 is 35.6 Å². The van der Waals surface area contributed by atoms with E-state index in [2.05, 4.69) is 28.9 Å². The SMILES string of the molecule is CCCCOc1c(Cl)cc(C(=O)N2CCCN(CCc3ccncc3)CC2)cc1Cl.Cl. The number of benzene rings is 1. The highest BCUT2D eigenvalue weighted by Crippen LogP contribution is 2.34. The van der Waals surface area contributed by atoms with Crippen molar-refractivity contribution in [1.29, 1.82) is 0 Å². The molecule has 0 radical (unpaired) electrons. The number of halogens is 3. The summed E-state index contributed by atoms with van der Waals surface area (Å²) in [6.45, 7) is 6.90. The third kappa shape index (κ3) is 7.53. The van der Waals surface area contributed by atoms with Gasteiger partial charge >= 0.3 is 0 Å². The van der Waals surface area contributed by atoms with Gasteiger partial charge in [0.1, 0.15) is 0 Å². The first kappa shape index (κ1) is 25.7. The van der Waals surface area contributed by atoms with Gasteiger partial charge in [-0.25, -0.2) is 0 Å². The minimum atomic E-state index is -0.0325. The largest absolute Gasteiger partial charge is 0.490 e. The molecule has 0 N–H and O–H groups in total. The van der Waals surface area contributed by atoms with Crippen LogP contribution in [0.5, 0.6) is 5.75 Å². The zero-order valence-corrected chi connectivity index (χ0v) is 20.2. The average molecular weight is 487 g/mol. The number of ether oxygens (including phenoxy) is 1. The summed E-state index contributed by atoms with van der Waals surface area (Å²) < 4.78 is 5.69. The van der Waals surface area contributed by atoms with E-state index in [-0.39, 0.29) is 18.3 Å². The second-order valence-electron chi connectivity index (χ2n) is 7.56. The maximum absolute atomic E-state index is 13.1. The van der Waals surface area contributed by atoms with Crippen LogP contribution in [0.2, 0.25) is 10.0 Å². The molecule has 31 heavy (non-hydrogen) atoms. The van der Waals surface area contributed by atoms with Gasteiger partial charge in [0.2, 0.25) is 0 Å². The first-order valence-corrected chi connectivity index (χ1v) is 11.4. The molecule has 0 unspecified atom stereocenters. The number of hydrogen-bond acceptors (Lipinski definition) is 4. The molecule has 1 fully saturated rings. The van der Waals surface area contributed by atoms with Crippen molar-refractivity contribution in [2.45, 2.75) is 32.6 Å². The molecule has 2 aromatic rings. The lowest BCUT2D eigenvalue weighted by Crippen LogP contribution is -2.35. The lowest BCUT2D eigenvalue weighted by Gasteiger charge is -2.22. The molecule has 0 saturated carbocycles. The van der Waals surface area contributed by atoms with Crippen LogP contribution in [0.15, 0.2) is 36.7 Å². The summed E-state index contributed by atoms with van der Waals surface area (Å²) >= 11 is 12.7. The van der Waals surface area contributed by atoms with E-state index >= 15 is 0 Å². The van der Waals surface area contributed by atoms with E-state index in [9.17, 15) is 4.79 Å². The van der Waals surface area contributed by atoms with Crippen LogP contribution in [-0.2, 0) is 6.42 Å².